The number of rotatable bonds is 15. The molecule has 2 amide bonds. The molecule has 4 aromatic carbocycles. The van der Waals surface area contributed by atoms with Crippen molar-refractivity contribution in [2.24, 2.45) is 0 Å². The van der Waals surface area contributed by atoms with Gasteiger partial charge in [-0.1, -0.05) is 79.6 Å². The summed E-state index contributed by atoms with van der Waals surface area (Å²) in [5, 5.41) is 2.95. The Morgan fingerprint density at radius 1 is 0.891 bits per heavy atom. The number of methoxy groups -OCH3 is 1. The number of hydrogen-bond acceptors (Lipinski definition) is 5. The molecule has 8 nitrogen and oxygen atoms in total. The minimum atomic E-state index is -4.25. The molecule has 0 spiro atoms. The third kappa shape index (κ3) is 8.94. The van der Waals surface area contributed by atoms with Crippen molar-refractivity contribution in [1.82, 2.24) is 10.2 Å². The van der Waals surface area contributed by atoms with Crippen LogP contribution in [0.1, 0.15) is 36.5 Å². The van der Waals surface area contributed by atoms with Crippen molar-refractivity contribution in [3.63, 3.8) is 0 Å². The molecule has 0 aliphatic carbocycles. The molecule has 0 aromatic heterocycles. The van der Waals surface area contributed by atoms with Gasteiger partial charge in [-0.25, -0.2) is 12.8 Å². The Balaban J connectivity index is 1.80. The van der Waals surface area contributed by atoms with E-state index in [0.29, 0.717) is 17.9 Å². The van der Waals surface area contributed by atoms with Crippen LogP contribution in [0.2, 0.25) is 0 Å². The number of unbranched alkanes of at least 4 members (excludes halogenated alkanes) is 1. The van der Waals surface area contributed by atoms with E-state index in [1.165, 1.54) is 36.3 Å². The maximum absolute atomic E-state index is 14.5. The van der Waals surface area contributed by atoms with E-state index in [-0.39, 0.29) is 29.5 Å². The summed E-state index contributed by atoms with van der Waals surface area (Å²) >= 11 is 0. The fourth-order valence-corrected chi connectivity index (χ4v) is 6.38. The molecule has 242 valence electrons. The normalized spacial score (nSPS) is 11.8. The van der Waals surface area contributed by atoms with Gasteiger partial charge < -0.3 is 15.0 Å². The molecular weight excluding hydrogens is 605 g/mol. The lowest BCUT2D eigenvalue weighted by Crippen LogP contribution is -2.53. The number of nitrogens with zero attached hydrogens (tertiary/aromatic N) is 2. The molecule has 10 heteroatoms. The highest BCUT2D eigenvalue weighted by atomic mass is 32.2. The van der Waals surface area contributed by atoms with E-state index in [0.717, 1.165) is 28.3 Å². The number of amides is 2. The standard InChI is InChI=1S/C36H40FN3O5S/c1-4-5-22-38-36(42)34(23-28-10-7-6-8-11-28)39(25-29-16-18-30(37)19-17-29)35(41)26-40(31-12-9-13-32(24-31)45-3)46(43,44)33-20-14-27(2)15-21-33/h6-21,24,34H,4-5,22-23,25-26H2,1-3H3,(H,38,42)/t34-/m0/s1. The summed E-state index contributed by atoms with van der Waals surface area (Å²) in [5.74, 6) is -0.987. The van der Waals surface area contributed by atoms with Crippen LogP contribution in [0.5, 0.6) is 5.75 Å². The lowest BCUT2D eigenvalue weighted by molar-refractivity contribution is -0.140. The van der Waals surface area contributed by atoms with Crippen LogP contribution in [-0.2, 0) is 32.6 Å². The van der Waals surface area contributed by atoms with Crippen LogP contribution in [0.3, 0.4) is 0 Å². The Morgan fingerprint density at radius 2 is 1.59 bits per heavy atom. The smallest absolute Gasteiger partial charge is 0.264 e. The number of ether oxygens (including phenoxy) is 1. The van der Waals surface area contributed by atoms with Gasteiger partial charge in [-0.15, -0.1) is 0 Å². The Labute approximate surface area is 270 Å². The third-order valence-corrected chi connectivity index (χ3v) is 9.38. The number of nitrogens with one attached hydrogen (secondary N) is 1. The molecule has 1 atom stereocenters. The lowest BCUT2D eigenvalue weighted by atomic mass is 10.0. The second-order valence-electron chi connectivity index (χ2n) is 11.0. The summed E-state index contributed by atoms with van der Waals surface area (Å²) in [6.07, 6.45) is 1.82. The van der Waals surface area contributed by atoms with Crippen LogP contribution in [0.25, 0.3) is 0 Å². The van der Waals surface area contributed by atoms with Gasteiger partial charge in [0.25, 0.3) is 10.0 Å². The molecule has 0 saturated heterocycles. The molecule has 46 heavy (non-hydrogen) atoms. The van der Waals surface area contributed by atoms with Crippen LogP contribution < -0.4 is 14.4 Å². The monoisotopic (exact) mass is 645 g/mol. The minimum absolute atomic E-state index is 0.0111. The minimum Gasteiger partial charge on any atom is -0.497 e. The van der Waals surface area contributed by atoms with E-state index in [9.17, 15) is 22.4 Å². The molecular formula is C36H40FN3O5S. The predicted molar refractivity (Wildman–Crippen MR) is 178 cm³/mol. The summed E-state index contributed by atoms with van der Waals surface area (Å²) in [4.78, 5) is 29.7. The first kappa shape index (κ1) is 34.2. The SMILES string of the molecule is CCCCNC(=O)[C@H](Cc1ccccc1)N(Cc1ccc(F)cc1)C(=O)CN(c1cccc(OC)c1)S(=O)(=O)c1ccc(C)cc1. The Hall–Kier alpha value is -4.70. The van der Waals surface area contributed by atoms with Crippen LogP contribution in [0, 0.1) is 12.7 Å². The number of carbonyl (C=O) groups is 2. The van der Waals surface area contributed by atoms with Crippen LogP contribution in [0.15, 0.2) is 108 Å². The van der Waals surface area contributed by atoms with Crippen molar-refractivity contribution >= 4 is 27.5 Å². The van der Waals surface area contributed by atoms with Gasteiger partial charge in [-0.2, -0.15) is 0 Å². The van der Waals surface area contributed by atoms with Crippen molar-refractivity contribution in [3.05, 3.63) is 126 Å². The highest BCUT2D eigenvalue weighted by Gasteiger charge is 2.34. The van der Waals surface area contributed by atoms with Gasteiger partial charge in [-0.05, 0) is 60.9 Å². The first-order valence-corrected chi connectivity index (χ1v) is 16.7. The lowest BCUT2D eigenvalue weighted by Gasteiger charge is -2.34. The Kier molecular flexibility index (Phi) is 11.9. The summed E-state index contributed by atoms with van der Waals surface area (Å²) in [6, 6.07) is 26.8. The first-order valence-electron chi connectivity index (χ1n) is 15.2. The zero-order valence-corrected chi connectivity index (χ0v) is 27.2. The molecule has 0 fully saturated rings. The van der Waals surface area contributed by atoms with E-state index in [4.69, 9.17) is 4.74 Å². The average Bonchev–Trinajstić information content (AvgIpc) is 3.06. The number of anilines is 1. The van der Waals surface area contributed by atoms with Crippen molar-refractivity contribution in [2.75, 3.05) is 24.5 Å². The van der Waals surface area contributed by atoms with E-state index in [1.54, 1.807) is 48.5 Å². The molecule has 4 aromatic rings. The zero-order valence-electron chi connectivity index (χ0n) is 26.4. The van der Waals surface area contributed by atoms with E-state index < -0.39 is 34.3 Å². The van der Waals surface area contributed by atoms with Gasteiger partial charge in [-0.3, -0.25) is 13.9 Å². The molecule has 0 aliphatic heterocycles. The van der Waals surface area contributed by atoms with Crippen LogP contribution in [-0.4, -0.2) is 51.4 Å². The summed E-state index contributed by atoms with van der Waals surface area (Å²) in [5.41, 5.74) is 2.52. The first-order chi connectivity index (χ1) is 22.1. The summed E-state index contributed by atoms with van der Waals surface area (Å²) < 4.78 is 48.6. The maximum Gasteiger partial charge on any atom is 0.264 e. The van der Waals surface area contributed by atoms with E-state index >= 15 is 0 Å². The van der Waals surface area contributed by atoms with Crippen molar-refractivity contribution in [1.29, 1.82) is 0 Å². The quantitative estimate of drug-likeness (QED) is 0.163. The van der Waals surface area contributed by atoms with Gasteiger partial charge in [0.15, 0.2) is 0 Å². The third-order valence-electron chi connectivity index (χ3n) is 7.60. The number of benzene rings is 4. The number of carbonyl (C=O) groups excluding carboxylic acids is 2. The van der Waals surface area contributed by atoms with Gasteiger partial charge in [0.2, 0.25) is 11.8 Å². The van der Waals surface area contributed by atoms with Gasteiger partial charge in [0.05, 0.1) is 17.7 Å². The number of sulfonamides is 1. The second-order valence-corrected chi connectivity index (χ2v) is 12.9. The van der Waals surface area contributed by atoms with Crippen molar-refractivity contribution in [2.45, 2.75) is 50.6 Å². The van der Waals surface area contributed by atoms with Gasteiger partial charge in [0.1, 0.15) is 24.2 Å². The molecule has 0 bridgehead atoms. The topological polar surface area (TPSA) is 96.0 Å². The van der Waals surface area contributed by atoms with Crippen LogP contribution in [0.4, 0.5) is 10.1 Å². The number of halogens is 1. The highest BCUT2D eigenvalue weighted by Crippen LogP contribution is 2.28. The van der Waals surface area contributed by atoms with Crippen molar-refractivity contribution < 1.29 is 27.1 Å². The molecule has 0 heterocycles. The molecule has 0 unspecified atom stereocenters. The molecule has 4 rings (SSSR count). The molecule has 0 radical (unpaired) electrons. The van der Waals surface area contributed by atoms with Gasteiger partial charge >= 0.3 is 0 Å². The van der Waals surface area contributed by atoms with Crippen LogP contribution >= 0.6 is 0 Å². The number of hydrogen-bond donors (Lipinski definition) is 1. The average molecular weight is 646 g/mol. The second kappa shape index (κ2) is 16.0. The fraction of sp³-hybridized carbons (Fsp3) is 0.278. The molecule has 0 saturated carbocycles. The predicted octanol–water partition coefficient (Wildman–Crippen LogP) is 5.89. The van der Waals surface area contributed by atoms with E-state index in [1.807, 2.05) is 44.2 Å². The highest BCUT2D eigenvalue weighted by molar-refractivity contribution is 7.92. The molecule has 0 aliphatic rings. The summed E-state index contributed by atoms with van der Waals surface area (Å²) in [6.45, 7) is 3.65. The largest absolute Gasteiger partial charge is 0.497 e. The number of aryl methyl sites for hydroxylation is 1. The Morgan fingerprint density at radius 3 is 2.24 bits per heavy atom. The maximum atomic E-state index is 14.5. The van der Waals surface area contributed by atoms with Gasteiger partial charge in [0, 0.05) is 25.6 Å². The Bertz CT molecular complexity index is 1700. The zero-order chi connectivity index (χ0) is 33.1. The molecule has 1 N–H and O–H groups in total. The summed E-state index contributed by atoms with van der Waals surface area (Å²) in [7, 11) is -2.77. The van der Waals surface area contributed by atoms with E-state index in [2.05, 4.69) is 5.32 Å². The fourth-order valence-electron chi connectivity index (χ4n) is 4.98. The van der Waals surface area contributed by atoms with Crippen molar-refractivity contribution in [3.8, 4) is 5.75 Å².